The first kappa shape index (κ1) is 14.6. The van der Waals surface area contributed by atoms with E-state index in [0.29, 0.717) is 12.1 Å². The van der Waals surface area contributed by atoms with Crippen molar-refractivity contribution in [1.82, 2.24) is 5.32 Å². The molecule has 0 saturated heterocycles. The number of hydrogen-bond donors (Lipinski definition) is 1. The van der Waals surface area contributed by atoms with Gasteiger partial charge in [-0.15, -0.1) is 0 Å². The molecule has 1 fully saturated rings. The number of nitrogens with one attached hydrogen (secondary N) is 1. The minimum Gasteiger partial charge on any atom is -0.307 e. The number of rotatable bonds is 4. The number of aryl methyl sites for hydroxylation is 1. The Morgan fingerprint density at radius 3 is 2.79 bits per heavy atom. The van der Waals surface area contributed by atoms with E-state index in [-0.39, 0.29) is 0 Å². The predicted molar refractivity (Wildman–Crippen MR) is 83.4 cm³/mol. The first-order valence-corrected chi connectivity index (χ1v) is 8.01. The molecule has 0 amide bonds. The van der Waals surface area contributed by atoms with Gasteiger partial charge >= 0.3 is 0 Å². The van der Waals surface area contributed by atoms with Crippen molar-refractivity contribution >= 4 is 0 Å². The minimum absolute atomic E-state index is 0.475. The van der Waals surface area contributed by atoms with E-state index >= 15 is 0 Å². The second-order valence-corrected chi connectivity index (χ2v) is 6.28. The van der Waals surface area contributed by atoms with Crippen molar-refractivity contribution in [1.29, 1.82) is 0 Å². The van der Waals surface area contributed by atoms with Crippen LogP contribution in [0.4, 0.5) is 0 Å². The molecule has 0 aliphatic heterocycles. The summed E-state index contributed by atoms with van der Waals surface area (Å²) in [6, 6.07) is 10.1. The Kier molecular flexibility index (Phi) is 5.45. The molecule has 2 rings (SSSR count). The smallest absolute Gasteiger partial charge is 0.0294 e. The highest BCUT2D eigenvalue weighted by Crippen LogP contribution is 2.27. The van der Waals surface area contributed by atoms with Crippen molar-refractivity contribution in [3.8, 4) is 0 Å². The van der Waals surface area contributed by atoms with Crippen LogP contribution in [0.15, 0.2) is 24.3 Å². The monoisotopic (exact) mass is 259 g/mol. The number of hydrogen-bond acceptors (Lipinski definition) is 1. The Morgan fingerprint density at radius 1 is 1.21 bits per heavy atom. The summed E-state index contributed by atoms with van der Waals surface area (Å²) in [4.78, 5) is 0. The summed E-state index contributed by atoms with van der Waals surface area (Å²) in [6.07, 6.45) is 8.32. The molecule has 1 aliphatic carbocycles. The molecule has 1 aromatic carbocycles. The molecule has 1 aliphatic rings. The van der Waals surface area contributed by atoms with Crippen molar-refractivity contribution in [3.05, 3.63) is 35.4 Å². The summed E-state index contributed by atoms with van der Waals surface area (Å²) in [5.41, 5.74) is 2.79. The van der Waals surface area contributed by atoms with Crippen molar-refractivity contribution in [3.63, 3.8) is 0 Å². The largest absolute Gasteiger partial charge is 0.307 e. The minimum atomic E-state index is 0.475. The molecular formula is C18H29N. The molecule has 19 heavy (non-hydrogen) atoms. The second kappa shape index (κ2) is 7.09. The lowest BCUT2D eigenvalue weighted by atomic mass is 9.97. The summed E-state index contributed by atoms with van der Waals surface area (Å²) in [5.74, 6) is 0.973. The SMILES string of the molecule is CCC1CCCC(N[C@H](C)c2cccc(C)c2)CC1. The van der Waals surface area contributed by atoms with Crippen LogP contribution < -0.4 is 5.32 Å². The van der Waals surface area contributed by atoms with Gasteiger partial charge in [-0.2, -0.15) is 0 Å². The van der Waals surface area contributed by atoms with Gasteiger partial charge in [0.1, 0.15) is 0 Å². The molecule has 2 unspecified atom stereocenters. The van der Waals surface area contributed by atoms with Gasteiger partial charge in [0, 0.05) is 12.1 Å². The van der Waals surface area contributed by atoms with Gasteiger partial charge in [-0.25, -0.2) is 0 Å². The van der Waals surface area contributed by atoms with Gasteiger partial charge in [-0.3, -0.25) is 0 Å². The lowest BCUT2D eigenvalue weighted by molar-refractivity contribution is 0.400. The molecule has 0 aromatic heterocycles. The van der Waals surface area contributed by atoms with Crippen LogP contribution in [0.25, 0.3) is 0 Å². The highest BCUT2D eigenvalue weighted by Gasteiger charge is 2.19. The van der Waals surface area contributed by atoms with Crippen molar-refractivity contribution in [2.24, 2.45) is 5.92 Å². The van der Waals surface area contributed by atoms with Crippen LogP contribution in [0, 0.1) is 12.8 Å². The first-order chi connectivity index (χ1) is 9.19. The molecule has 0 radical (unpaired) electrons. The van der Waals surface area contributed by atoms with Crippen LogP contribution in [0.1, 0.15) is 69.5 Å². The summed E-state index contributed by atoms with van der Waals surface area (Å²) in [5, 5.41) is 3.85. The topological polar surface area (TPSA) is 12.0 Å². The van der Waals surface area contributed by atoms with E-state index in [2.05, 4.69) is 50.4 Å². The molecule has 1 saturated carbocycles. The molecule has 0 bridgehead atoms. The van der Waals surface area contributed by atoms with Gasteiger partial charge in [-0.05, 0) is 44.6 Å². The Hall–Kier alpha value is -0.820. The van der Waals surface area contributed by atoms with Crippen molar-refractivity contribution < 1.29 is 0 Å². The molecule has 1 N–H and O–H groups in total. The summed E-state index contributed by atoms with van der Waals surface area (Å²) < 4.78 is 0. The summed E-state index contributed by atoms with van der Waals surface area (Å²) >= 11 is 0. The zero-order valence-electron chi connectivity index (χ0n) is 12.8. The van der Waals surface area contributed by atoms with Crippen LogP contribution in [-0.2, 0) is 0 Å². The average Bonchev–Trinajstić information content (AvgIpc) is 2.64. The lowest BCUT2D eigenvalue weighted by Gasteiger charge is -2.23. The van der Waals surface area contributed by atoms with Crippen LogP contribution in [0.3, 0.4) is 0 Å². The van der Waals surface area contributed by atoms with E-state index in [1.807, 2.05) is 0 Å². The number of benzene rings is 1. The van der Waals surface area contributed by atoms with Gasteiger partial charge in [0.05, 0.1) is 0 Å². The van der Waals surface area contributed by atoms with Crippen molar-refractivity contribution in [2.75, 3.05) is 0 Å². The summed E-state index contributed by atoms with van der Waals surface area (Å²) in [7, 11) is 0. The average molecular weight is 259 g/mol. The quantitative estimate of drug-likeness (QED) is 0.750. The van der Waals surface area contributed by atoms with E-state index < -0.39 is 0 Å². The van der Waals surface area contributed by atoms with Crippen LogP contribution >= 0.6 is 0 Å². The molecule has 1 heteroatoms. The van der Waals surface area contributed by atoms with Crippen LogP contribution in [0.5, 0.6) is 0 Å². The standard InChI is InChI=1S/C18H29N/c1-4-16-8-6-10-18(12-11-16)19-15(3)17-9-5-7-14(2)13-17/h5,7,9,13,15-16,18-19H,4,6,8,10-12H2,1-3H3/t15-,16?,18?/m1/s1. The van der Waals surface area contributed by atoms with E-state index in [0.717, 1.165) is 5.92 Å². The molecule has 0 spiro atoms. The van der Waals surface area contributed by atoms with E-state index in [4.69, 9.17) is 0 Å². The first-order valence-electron chi connectivity index (χ1n) is 8.01. The third-order valence-electron chi connectivity index (χ3n) is 4.69. The van der Waals surface area contributed by atoms with Gasteiger partial charge in [0.2, 0.25) is 0 Å². The maximum Gasteiger partial charge on any atom is 0.0294 e. The molecule has 0 heterocycles. The van der Waals surface area contributed by atoms with Gasteiger partial charge in [-0.1, -0.05) is 56.0 Å². The molecule has 1 aromatic rings. The van der Waals surface area contributed by atoms with E-state index in [1.165, 1.54) is 49.7 Å². The Morgan fingerprint density at radius 2 is 2.05 bits per heavy atom. The second-order valence-electron chi connectivity index (χ2n) is 6.28. The zero-order valence-corrected chi connectivity index (χ0v) is 12.8. The molecule has 1 nitrogen and oxygen atoms in total. The fourth-order valence-corrected chi connectivity index (χ4v) is 3.34. The van der Waals surface area contributed by atoms with Crippen LogP contribution in [-0.4, -0.2) is 6.04 Å². The highest BCUT2D eigenvalue weighted by molar-refractivity contribution is 5.24. The summed E-state index contributed by atoms with van der Waals surface area (Å²) in [6.45, 7) is 6.82. The Labute approximate surface area is 118 Å². The van der Waals surface area contributed by atoms with Crippen molar-refractivity contribution in [2.45, 2.75) is 71.4 Å². The van der Waals surface area contributed by atoms with E-state index in [9.17, 15) is 0 Å². The fourth-order valence-electron chi connectivity index (χ4n) is 3.34. The van der Waals surface area contributed by atoms with Crippen LogP contribution in [0.2, 0.25) is 0 Å². The van der Waals surface area contributed by atoms with Gasteiger partial charge < -0.3 is 5.32 Å². The van der Waals surface area contributed by atoms with Gasteiger partial charge in [0.15, 0.2) is 0 Å². The normalized spacial score (nSPS) is 25.8. The molecular weight excluding hydrogens is 230 g/mol. The fraction of sp³-hybridized carbons (Fsp3) is 0.667. The third kappa shape index (κ3) is 4.35. The van der Waals surface area contributed by atoms with E-state index in [1.54, 1.807) is 0 Å². The maximum absolute atomic E-state index is 3.85. The Balaban J connectivity index is 1.90. The molecule has 3 atom stereocenters. The zero-order chi connectivity index (χ0) is 13.7. The van der Waals surface area contributed by atoms with Gasteiger partial charge in [0.25, 0.3) is 0 Å². The highest BCUT2D eigenvalue weighted by atomic mass is 14.9. The molecule has 106 valence electrons. The lowest BCUT2D eigenvalue weighted by Crippen LogP contribution is -2.31. The maximum atomic E-state index is 3.85. The third-order valence-corrected chi connectivity index (χ3v) is 4.69. The Bertz CT molecular complexity index is 385. The predicted octanol–water partition coefficient (Wildman–Crippen LogP) is 5.00.